The largest absolute Gasteiger partial charge is 0.478 e. The molecule has 0 bridgehead atoms. The molecule has 4 heteroatoms. The Morgan fingerprint density at radius 1 is 1.56 bits per heavy atom. The highest BCUT2D eigenvalue weighted by Crippen LogP contribution is 2.28. The number of benzene rings is 1. The van der Waals surface area contributed by atoms with Crippen LogP contribution in [0, 0.1) is 11.3 Å². The predicted octanol–water partition coefficient (Wildman–Crippen LogP) is 2.56. The summed E-state index contributed by atoms with van der Waals surface area (Å²) in [5.41, 5.74) is 0.248. The van der Waals surface area contributed by atoms with Crippen molar-refractivity contribution in [3.63, 3.8) is 0 Å². The van der Waals surface area contributed by atoms with Crippen molar-refractivity contribution in [2.45, 2.75) is 19.4 Å². The summed E-state index contributed by atoms with van der Waals surface area (Å²) in [6.07, 6.45) is 2.51. The summed E-state index contributed by atoms with van der Waals surface area (Å²) in [6.45, 7) is 3.89. The number of carboxylic acid groups (broad SMARTS) is 1. The number of hydrogen-bond donors (Lipinski definition) is 1. The molecule has 0 fully saturated rings. The summed E-state index contributed by atoms with van der Waals surface area (Å²) in [5, 5.41) is 17.9. The number of rotatable bonds is 5. The van der Waals surface area contributed by atoms with Crippen LogP contribution in [-0.2, 0) is 15.1 Å². The minimum absolute atomic E-state index is 0.404. The van der Waals surface area contributed by atoms with Crippen LogP contribution in [0.3, 0.4) is 0 Å². The van der Waals surface area contributed by atoms with Crippen molar-refractivity contribution in [1.29, 1.82) is 5.26 Å². The van der Waals surface area contributed by atoms with Gasteiger partial charge in [-0.3, -0.25) is 0 Å². The lowest BCUT2D eigenvalue weighted by molar-refractivity contribution is -0.131. The molecule has 0 aliphatic rings. The van der Waals surface area contributed by atoms with Gasteiger partial charge in [0.25, 0.3) is 0 Å². The van der Waals surface area contributed by atoms with E-state index in [-0.39, 0.29) is 0 Å². The van der Waals surface area contributed by atoms with Crippen molar-refractivity contribution in [2.24, 2.45) is 0 Å². The second-order valence-electron chi connectivity index (χ2n) is 3.84. The Morgan fingerprint density at radius 2 is 2.22 bits per heavy atom. The van der Waals surface area contributed by atoms with Crippen LogP contribution in [0.15, 0.2) is 30.3 Å². The van der Waals surface area contributed by atoms with Gasteiger partial charge in [0.1, 0.15) is 6.07 Å². The topological polar surface area (TPSA) is 70.3 Å². The summed E-state index contributed by atoms with van der Waals surface area (Å²) in [5.74, 6) is -1.03. The van der Waals surface area contributed by atoms with Gasteiger partial charge < -0.3 is 9.84 Å². The number of aliphatic carboxylic acids is 1. The molecule has 0 saturated carbocycles. The lowest BCUT2D eigenvalue weighted by Gasteiger charge is -2.23. The van der Waals surface area contributed by atoms with Gasteiger partial charge in [-0.1, -0.05) is 24.3 Å². The predicted molar refractivity (Wildman–Crippen MR) is 67.7 cm³/mol. The van der Waals surface area contributed by atoms with Crippen molar-refractivity contribution in [1.82, 2.24) is 0 Å². The van der Waals surface area contributed by atoms with Crippen molar-refractivity contribution >= 4 is 12.0 Å². The number of hydrogen-bond acceptors (Lipinski definition) is 3. The van der Waals surface area contributed by atoms with Crippen LogP contribution in [0.25, 0.3) is 6.08 Å². The maximum absolute atomic E-state index is 10.5. The lowest BCUT2D eigenvalue weighted by Crippen LogP contribution is -2.24. The highest BCUT2D eigenvalue weighted by Gasteiger charge is 2.28. The van der Waals surface area contributed by atoms with Gasteiger partial charge in [-0.2, -0.15) is 5.26 Å². The van der Waals surface area contributed by atoms with Gasteiger partial charge in [-0.05, 0) is 25.5 Å². The van der Waals surface area contributed by atoms with E-state index in [0.29, 0.717) is 17.7 Å². The van der Waals surface area contributed by atoms with Crippen LogP contribution in [0.4, 0.5) is 0 Å². The molecule has 0 aromatic heterocycles. The molecule has 94 valence electrons. The zero-order chi connectivity index (χ0) is 13.6. The molecule has 1 aromatic rings. The molecule has 0 saturated heterocycles. The Labute approximate surface area is 106 Å². The molecule has 0 aliphatic carbocycles. The van der Waals surface area contributed by atoms with E-state index < -0.39 is 11.6 Å². The molecule has 1 N–H and O–H groups in total. The van der Waals surface area contributed by atoms with Crippen LogP contribution in [-0.4, -0.2) is 17.7 Å². The van der Waals surface area contributed by atoms with Gasteiger partial charge in [0, 0.05) is 18.2 Å². The monoisotopic (exact) mass is 245 g/mol. The van der Waals surface area contributed by atoms with E-state index in [0.717, 1.165) is 6.08 Å². The maximum Gasteiger partial charge on any atom is 0.328 e. The van der Waals surface area contributed by atoms with Crippen molar-refractivity contribution in [3.05, 3.63) is 41.5 Å². The van der Waals surface area contributed by atoms with Crippen molar-refractivity contribution in [3.8, 4) is 6.07 Å². The fourth-order valence-corrected chi connectivity index (χ4v) is 1.70. The third-order valence-corrected chi connectivity index (χ3v) is 2.53. The molecule has 1 rings (SSSR count). The summed E-state index contributed by atoms with van der Waals surface area (Å²) in [4.78, 5) is 10.5. The van der Waals surface area contributed by atoms with Gasteiger partial charge in [0.2, 0.25) is 0 Å². The van der Waals surface area contributed by atoms with Crippen LogP contribution >= 0.6 is 0 Å². The third kappa shape index (κ3) is 3.19. The van der Waals surface area contributed by atoms with Gasteiger partial charge in [-0.25, -0.2) is 4.79 Å². The Hall–Kier alpha value is -2.12. The molecular weight excluding hydrogens is 230 g/mol. The van der Waals surface area contributed by atoms with Gasteiger partial charge in [0.05, 0.1) is 0 Å². The molecule has 4 nitrogen and oxygen atoms in total. The van der Waals surface area contributed by atoms with Crippen LogP contribution in [0.1, 0.15) is 25.0 Å². The molecule has 1 aromatic carbocycles. The zero-order valence-corrected chi connectivity index (χ0v) is 10.4. The third-order valence-electron chi connectivity index (χ3n) is 2.53. The first-order valence-electron chi connectivity index (χ1n) is 5.59. The zero-order valence-electron chi connectivity index (χ0n) is 10.4. The summed E-state index contributed by atoms with van der Waals surface area (Å²) < 4.78 is 5.47. The second kappa shape index (κ2) is 5.99. The smallest absolute Gasteiger partial charge is 0.328 e. The Morgan fingerprint density at radius 3 is 2.78 bits per heavy atom. The summed E-state index contributed by atoms with van der Waals surface area (Å²) in [7, 11) is 0. The summed E-state index contributed by atoms with van der Waals surface area (Å²) >= 11 is 0. The summed E-state index contributed by atoms with van der Waals surface area (Å²) in [6, 6.07) is 9.22. The fraction of sp³-hybridized carbons (Fsp3) is 0.286. The van der Waals surface area contributed by atoms with E-state index in [1.165, 1.54) is 6.08 Å². The molecule has 0 radical (unpaired) electrons. The number of carboxylic acids is 1. The van der Waals surface area contributed by atoms with Crippen molar-refractivity contribution < 1.29 is 14.6 Å². The van der Waals surface area contributed by atoms with Gasteiger partial charge in [0.15, 0.2) is 5.60 Å². The molecule has 0 heterocycles. The maximum atomic E-state index is 10.5. The lowest BCUT2D eigenvalue weighted by atomic mass is 9.92. The minimum atomic E-state index is -1.08. The van der Waals surface area contributed by atoms with Crippen LogP contribution < -0.4 is 0 Å². The molecule has 1 unspecified atom stereocenters. The van der Waals surface area contributed by atoms with E-state index >= 15 is 0 Å². The average molecular weight is 245 g/mol. The number of nitrogens with zero attached hydrogens (tertiary/aromatic N) is 1. The first kappa shape index (κ1) is 13.9. The molecular formula is C14H15NO3. The second-order valence-corrected chi connectivity index (χ2v) is 3.84. The molecule has 0 aliphatic heterocycles. The quantitative estimate of drug-likeness (QED) is 0.809. The van der Waals surface area contributed by atoms with Crippen LogP contribution in [0.2, 0.25) is 0 Å². The van der Waals surface area contributed by atoms with Crippen LogP contribution in [0.5, 0.6) is 0 Å². The normalized spacial score (nSPS) is 14.1. The first-order valence-corrected chi connectivity index (χ1v) is 5.59. The Balaban J connectivity index is 3.24. The number of carbonyl (C=O) groups is 1. The SMILES string of the molecule is CCOC(C)(C#N)c1ccccc1C=CC(=O)O. The molecule has 0 amide bonds. The highest BCUT2D eigenvalue weighted by molar-refractivity contribution is 5.85. The van der Waals surface area contributed by atoms with Crippen molar-refractivity contribution in [2.75, 3.05) is 6.61 Å². The van der Waals surface area contributed by atoms with E-state index in [4.69, 9.17) is 9.84 Å². The standard InChI is InChI=1S/C14H15NO3/c1-3-18-14(2,10-15)12-7-5-4-6-11(12)8-9-13(16)17/h4-9H,3H2,1-2H3,(H,16,17). The minimum Gasteiger partial charge on any atom is -0.478 e. The average Bonchev–Trinajstić information content (AvgIpc) is 2.37. The Kier molecular flexibility index (Phi) is 4.64. The first-order chi connectivity index (χ1) is 8.53. The highest BCUT2D eigenvalue weighted by atomic mass is 16.5. The fourth-order valence-electron chi connectivity index (χ4n) is 1.70. The number of nitriles is 1. The van der Waals surface area contributed by atoms with E-state index in [1.54, 1.807) is 31.2 Å². The molecule has 1 atom stereocenters. The van der Waals surface area contributed by atoms with E-state index in [9.17, 15) is 10.1 Å². The van der Waals surface area contributed by atoms with E-state index in [2.05, 4.69) is 6.07 Å². The molecule has 18 heavy (non-hydrogen) atoms. The number of ether oxygens (including phenoxy) is 1. The van der Waals surface area contributed by atoms with Gasteiger partial charge in [-0.15, -0.1) is 0 Å². The molecule has 0 spiro atoms. The van der Waals surface area contributed by atoms with Gasteiger partial charge >= 0.3 is 5.97 Å². The Bertz CT molecular complexity index is 502. The van der Waals surface area contributed by atoms with E-state index in [1.807, 2.05) is 6.92 Å².